The maximum Gasteiger partial charge on any atom is 0.271 e. The van der Waals surface area contributed by atoms with E-state index >= 15 is 0 Å². The summed E-state index contributed by atoms with van der Waals surface area (Å²) in [6.07, 6.45) is 4.97. The molecular formula is C26H26ClN7O2. The maximum atomic E-state index is 12.8. The number of rotatable bonds is 5. The zero-order valence-electron chi connectivity index (χ0n) is 19.9. The van der Waals surface area contributed by atoms with Gasteiger partial charge in [0.15, 0.2) is 11.5 Å². The summed E-state index contributed by atoms with van der Waals surface area (Å²) in [6, 6.07) is 17.3. The molecule has 0 aliphatic heterocycles. The van der Waals surface area contributed by atoms with E-state index in [0.29, 0.717) is 21.7 Å². The van der Waals surface area contributed by atoms with Gasteiger partial charge in [-0.05, 0) is 36.1 Å². The number of halogens is 1. The summed E-state index contributed by atoms with van der Waals surface area (Å²) < 4.78 is 1.74. The first-order valence-corrected chi connectivity index (χ1v) is 11.3. The van der Waals surface area contributed by atoms with E-state index in [2.05, 4.69) is 15.0 Å². The van der Waals surface area contributed by atoms with Gasteiger partial charge in [0.05, 0.1) is 22.3 Å². The molecule has 0 radical (unpaired) electrons. The van der Waals surface area contributed by atoms with Crippen LogP contribution in [0.5, 0.6) is 0 Å². The Bertz CT molecular complexity index is 1510. The number of aryl methyl sites for hydroxylation is 1. The Hall–Kier alpha value is -4.50. The van der Waals surface area contributed by atoms with Gasteiger partial charge in [0.1, 0.15) is 0 Å². The number of anilines is 1. The second kappa shape index (κ2) is 11.8. The van der Waals surface area contributed by atoms with Crippen molar-refractivity contribution in [3.05, 3.63) is 99.5 Å². The molecule has 0 spiro atoms. The molecule has 4 aromatic rings. The van der Waals surface area contributed by atoms with Crippen LogP contribution in [0.15, 0.2) is 76.8 Å². The molecule has 2 aromatic carbocycles. The van der Waals surface area contributed by atoms with Crippen molar-refractivity contribution in [2.45, 2.75) is 13.3 Å². The molecule has 184 valence electrons. The summed E-state index contributed by atoms with van der Waals surface area (Å²) in [4.78, 5) is 35.4. The predicted octanol–water partition coefficient (Wildman–Crippen LogP) is 3.36. The minimum atomic E-state index is -0.739. The van der Waals surface area contributed by atoms with E-state index in [1.807, 2.05) is 55.5 Å². The molecule has 0 saturated carbocycles. The van der Waals surface area contributed by atoms with Crippen molar-refractivity contribution in [2.75, 3.05) is 12.8 Å². The lowest BCUT2D eigenvalue weighted by Crippen LogP contribution is -2.22. The molecule has 36 heavy (non-hydrogen) atoms. The Morgan fingerprint density at radius 3 is 2.50 bits per heavy atom. The van der Waals surface area contributed by atoms with Crippen molar-refractivity contribution in [3.8, 4) is 5.69 Å². The minimum absolute atomic E-state index is 0.0129. The van der Waals surface area contributed by atoms with Crippen LogP contribution < -0.4 is 22.8 Å². The van der Waals surface area contributed by atoms with Gasteiger partial charge in [-0.25, -0.2) is 9.97 Å². The highest BCUT2D eigenvalue weighted by Crippen LogP contribution is 2.22. The molecule has 4 rings (SSSR count). The van der Waals surface area contributed by atoms with Crippen LogP contribution in [0, 0.1) is 0 Å². The van der Waals surface area contributed by atoms with Gasteiger partial charge in [-0.15, -0.1) is 0 Å². The van der Waals surface area contributed by atoms with E-state index in [9.17, 15) is 9.59 Å². The number of hydrogen-bond acceptors (Lipinski definition) is 7. The lowest BCUT2D eigenvalue weighted by molar-refractivity contribution is 0.0996. The van der Waals surface area contributed by atoms with Gasteiger partial charge in [0.2, 0.25) is 0 Å². The molecular weight excluding hydrogens is 478 g/mol. The first-order valence-electron chi connectivity index (χ1n) is 11.0. The summed E-state index contributed by atoms with van der Waals surface area (Å²) in [5, 5.41) is 1.97. The molecule has 10 heteroatoms. The zero-order valence-corrected chi connectivity index (χ0v) is 20.6. The SMILES string of the molecule is CCc1cc2cccc(Cl)c2c(=O)n1-c1ccccc1.CN=C/C(=C\N)c1cnc(N)c(C(N)=O)n1. The molecule has 0 unspecified atom stereocenters. The first-order chi connectivity index (χ1) is 17.3. The summed E-state index contributed by atoms with van der Waals surface area (Å²) in [6.45, 7) is 2.05. The third-order valence-electron chi connectivity index (χ3n) is 5.23. The highest BCUT2D eigenvalue weighted by Gasteiger charge is 2.13. The van der Waals surface area contributed by atoms with Crippen molar-refractivity contribution in [3.63, 3.8) is 0 Å². The number of benzene rings is 2. The predicted molar refractivity (Wildman–Crippen MR) is 145 cm³/mol. The summed E-state index contributed by atoms with van der Waals surface area (Å²) in [5.74, 6) is -0.752. The molecule has 1 amide bonds. The van der Waals surface area contributed by atoms with Gasteiger partial charge in [-0.3, -0.25) is 19.1 Å². The maximum absolute atomic E-state index is 12.8. The monoisotopic (exact) mass is 503 g/mol. The standard InChI is InChI=1S/C17H14ClNO.C9H12N6O/c1-2-13-11-12-7-6-10-15(18)16(12)17(20)19(13)14-8-4-3-5-9-14;1-13-3-5(2-10)6-4-14-8(11)7(15-6)9(12)16/h3-11H,2H2,1H3;2-4H,10H2,1H3,(H2,11,14)(H2,12,16)/b;5-2+,13-3?. The van der Waals surface area contributed by atoms with Crippen LogP contribution in [0.4, 0.5) is 5.82 Å². The van der Waals surface area contributed by atoms with Crippen LogP contribution in [0.25, 0.3) is 22.0 Å². The van der Waals surface area contributed by atoms with Gasteiger partial charge < -0.3 is 17.2 Å². The Morgan fingerprint density at radius 2 is 1.89 bits per heavy atom. The molecule has 2 heterocycles. The van der Waals surface area contributed by atoms with E-state index in [4.69, 9.17) is 28.8 Å². The van der Waals surface area contributed by atoms with Gasteiger partial charge in [0.25, 0.3) is 11.5 Å². The molecule has 0 saturated heterocycles. The number of aliphatic imine (C=N–C) groups is 1. The van der Waals surface area contributed by atoms with Crippen LogP contribution in [-0.4, -0.2) is 33.7 Å². The van der Waals surface area contributed by atoms with Crippen LogP contribution in [0.3, 0.4) is 0 Å². The number of fused-ring (bicyclic) bond motifs is 1. The van der Waals surface area contributed by atoms with Gasteiger partial charge in [-0.1, -0.05) is 48.9 Å². The number of para-hydroxylation sites is 1. The minimum Gasteiger partial charge on any atom is -0.404 e. The van der Waals surface area contributed by atoms with Crippen LogP contribution in [-0.2, 0) is 6.42 Å². The average Bonchev–Trinajstić information content (AvgIpc) is 2.88. The fraction of sp³-hybridized carbons (Fsp3) is 0.115. The summed E-state index contributed by atoms with van der Waals surface area (Å²) >= 11 is 6.20. The van der Waals surface area contributed by atoms with Crippen molar-refractivity contribution >= 4 is 45.9 Å². The third-order valence-corrected chi connectivity index (χ3v) is 5.54. The molecule has 0 aliphatic rings. The average molecular weight is 504 g/mol. The lowest BCUT2D eigenvalue weighted by atomic mass is 10.1. The molecule has 9 nitrogen and oxygen atoms in total. The fourth-order valence-corrected chi connectivity index (χ4v) is 3.81. The number of nitrogens with zero attached hydrogens (tertiary/aromatic N) is 4. The van der Waals surface area contributed by atoms with E-state index in [1.54, 1.807) is 17.7 Å². The number of nitrogen functional groups attached to an aromatic ring is 1. The fourth-order valence-electron chi connectivity index (χ4n) is 3.55. The van der Waals surface area contributed by atoms with Crippen LogP contribution in [0.1, 0.15) is 28.8 Å². The number of allylic oxidation sites excluding steroid dienone is 1. The van der Waals surface area contributed by atoms with E-state index in [-0.39, 0.29) is 17.1 Å². The van der Waals surface area contributed by atoms with Crippen molar-refractivity contribution in [1.82, 2.24) is 14.5 Å². The Morgan fingerprint density at radius 1 is 1.17 bits per heavy atom. The van der Waals surface area contributed by atoms with Crippen molar-refractivity contribution < 1.29 is 4.79 Å². The van der Waals surface area contributed by atoms with Crippen molar-refractivity contribution in [1.29, 1.82) is 0 Å². The molecule has 0 atom stereocenters. The third kappa shape index (κ3) is 5.59. The molecule has 6 N–H and O–H groups in total. The topological polar surface area (TPSA) is 155 Å². The number of nitrogens with two attached hydrogens (primary N) is 3. The number of carbonyl (C=O) groups excluding carboxylic acids is 1. The molecule has 2 aromatic heterocycles. The smallest absolute Gasteiger partial charge is 0.271 e. The van der Waals surface area contributed by atoms with Gasteiger partial charge in [-0.2, -0.15) is 0 Å². The Balaban J connectivity index is 0.000000207. The van der Waals surface area contributed by atoms with Crippen molar-refractivity contribution in [2.24, 2.45) is 16.5 Å². The highest BCUT2D eigenvalue weighted by molar-refractivity contribution is 6.35. The quantitative estimate of drug-likeness (QED) is 0.354. The number of hydrogen-bond donors (Lipinski definition) is 3. The first kappa shape index (κ1) is 26.1. The second-order valence-electron chi connectivity index (χ2n) is 7.53. The lowest BCUT2D eigenvalue weighted by Gasteiger charge is -2.14. The number of amides is 1. The molecule has 0 bridgehead atoms. The second-order valence-corrected chi connectivity index (χ2v) is 7.94. The number of pyridine rings is 1. The van der Waals surface area contributed by atoms with Crippen LogP contribution in [0.2, 0.25) is 5.02 Å². The number of carbonyl (C=O) groups is 1. The van der Waals surface area contributed by atoms with Gasteiger partial charge >= 0.3 is 0 Å². The zero-order chi connectivity index (χ0) is 26.2. The Labute approximate surface area is 213 Å². The van der Waals surface area contributed by atoms with E-state index in [1.165, 1.54) is 18.6 Å². The van der Waals surface area contributed by atoms with Gasteiger partial charge in [0, 0.05) is 36.4 Å². The summed E-state index contributed by atoms with van der Waals surface area (Å²) in [5.41, 5.74) is 18.6. The summed E-state index contributed by atoms with van der Waals surface area (Å²) in [7, 11) is 1.59. The Kier molecular flexibility index (Phi) is 8.53. The highest BCUT2D eigenvalue weighted by atomic mass is 35.5. The number of aromatic nitrogens is 3. The number of primary amides is 1. The largest absolute Gasteiger partial charge is 0.404 e. The molecule has 0 fully saturated rings. The van der Waals surface area contributed by atoms with E-state index < -0.39 is 5.91 Å². The molecule has 0 aliphatic carbocycles. The van der Waals surface area contributed by atoms with Crippen LogP contribution >= 0.6 is 11.6 Å². The normalized spacial score (nSPS) is 11.4. The van der Waals surface area contributed by atoms with E-state index in [0.717, 1.165) is 23.2 Å².